The predicted molar refractivity (Wildman–Crippen MR) is 99.4 cm³/mol. The Labute approximate surface area is 141 Å². The van der Waals surface area contributed by atoms with Crippen LogP contribution in [-0.4, -0.2) is 19.1 Å². The van der Waals surface area contributed by atoms with Crippen molar-refractivity contribution >= 4 is 23.1 Å². The zero-order chi connectivity index (χ0) is 15.2. The predicted octanol–water partition coefficient (Wildman–Crippen LogP) is 4.64. The summed E-state index contributed by atoms with van der Waals surface area (Å²) in [6.45, 7) is 2.27. The van der Waals surface area contributed by atoms with Gasteiger partial charge in [-0.05, 0) is 73.7 Å². The highest BCUT2D eigenvalue weighted by Crippen LogP contribution is 2.47. The van der Waals surface area contributed by atoms with E-state index in [4.69, 9.17) is 0 Å². The molecule has 1 fully saturated rings. The first-order chi connectivity index (χ1) is 11.4. The van der Waals surface area contributed by atoms with Gasteiger partial charge in [-0.15, -0.1) is 11.3 Å². The number of allylic oxidation sites excluding steroid dienone is 1. The fraction of sp³-hybridized carbons (Fsp3) is 0.400. The maximum Gasteiger partial charge on any atom is 0.0385 e. The lowest BCUT2D eigenvalue weighted by molar-refractivity contribution is 0.579. The molecular weight excluding hydrogens is 300 g/mol. The summed E-state index contributed by atoms with van der Waals surface area (Å²) in [4.78, 5) is 2.92. The van der Waals surface area contributed by atoms with Crippen LogP contribution in [0.1, 0.15) is 41.2 Å². The highest BCUT2D eigenvalue weighted by Gasteiger charge is 2.35. The molecule has 1 aromatic carbocycles. The molecule has 23 heavy (non-hydrogen) atoms. The summed E-state index contributed by atoms with van der Waals surface area (Å²) < 4.78 is 0. The van der Waals surface area contributed by atoms with Crippen molar-refractivity contribution < 1.29 is 0 Å². The number of nitrogens with one attached hydrogen (secondary N) is 2. The van der Waals surface area contributed by atoms with Crippen LogP contribution in [0.2, 0.25) is 0 Å². The smallest absolute Gasteiger partial charge is 0.0385 e. The lowest BCUT2D eigenvalue weighted by Gasteiger charge is -2.17. The van der Waals surface area contributed by atoms with Crippen LogP contribution in [0, 0.1) is 0 Å². The largest absolute Gasteiger partial charge is 0.381 e. The van der Waals surface area contributed by atoms with Crippen molar-refractivity contribution in [3.63, 3.8) is 0 Å². The molecular formula is C20H22N2S. The van der Waals surface area contributed by atoms with Gasteiger partial charge in [-0.25, -0.2) is 0 Å². The van der Waals surface area contributed by atoms with Gasteiger partial charge in [0.15, 0.2) is 0 Å². The Morgan fingerprint density at radius 1 is 1.13 bits per heavy atom. The van der Waals surface area contributed by atoms with Gasteiger partial charge < -0.3 is 10.6 Å². The molecule has 2 unspecified atom stereocenters. The van der Waals surface area contributed by atoms with Gasteiger partial charge in [0.2, 0.25) is 0 Å². The third-order valence-corrected chi connectivity index (χ3v) is 6.70. The monoisotopic (exact) mass is 322 g/mol. The maximum atomic E-state index is 3.80. The van der Waals surface area contributed by atoms with E-state index < -0.39 is 0 Å². The summed E-state index contributed by atoms with van der Waals surface area (Å²) in [7, 11) is 0. The number of fused-ring (bicyclic) bond motifs is 4. The minimum absolute atomic E-state index is 0.607. The molecule has 1 aromatic heterocycles. The van der Waals surface area contributed by atoms with Crippen molar-refractivity contribution in [2.24, 2.45) is 0 Å². The Balaban J connectivity index is 1.61. The first-order valence-electron chi connectivity index (χ1n) is 8.80. The molecule has 0 bridgehead atoms. The SMILES string of the molecule is C1=Cc2sc(-c3cccc4c3C3CCNCCC3N4)cc2CC1. The fourth-order valence-corrected chi connectivity index (χ4v) is 5.59. The number of benzene rings is 1. The molecule has 0 amide bonds. The summed E-state index contributed by atoms with van der Waals surface area (Å²) in [6.07, 6.45) is 9.48. The van der Waals surface area contributed by atoms with Gasteiger partial charge >= 0.3 is 0 Å². The van der Waals surface area contributed by atoms with Crippen LogP contribution >= 0.6 is 11.3 Å². The van der Waals surface area contributed by atoms with Crippen molar-refractivity contribution in [3.05, 3.63) is 46.3 Å². The van der Waals surface area contributed by atoms with E-state index in [1.165, 1.54) is 52.3 Å². The number of rotatable bonds is 1. The normalized spacial score (nSPS) is 25.2. The van der Waals surface area contributed by atoms with Gasteiger partial charge in [0.25, 0.3) is 0 Å². The van der Waals surface area contributed by atoms with Crippen molar-refractivity contribution in [1.82, 2.24) is 5.32 Å². The van der Waals surface area contributed by atoms with E-state index in [2.05, 4.69) is 47.1 Å². The van der Waals surface area contributed by atoms with Crippen molar-refractivity contribution in [1.29, 1.82) is 0 Å². The maximum absolute atomic E-state index is 3.80. The van der Waals surface area contributed by atoms with Crippen LogP contribution < -0.4 is 10.6 Å². The Bertz CT molecular complexity index is 774. The minimum Gasteiger partial charge on any atom is -0.381 e. The summed E-state index contributed by atoms with van der Waals surface area (Å²) >= 11 is 1.97. The molecule has 2 aliphatic heterocycles. The number of anilines is 1. The average Bonchev–Trinajstić information content (AvgIpc) is 3.09. The van der Waals surface area contributed by atoms with Crippen LogP contribution in [0.25, 0.3) is 16.5 Å². The summed E-state index contributed by atoms with van der Waals surface area (Å²) in [5.41, 5.74) is 5.96. The highest BCUT2D eigenvalue weighted by molar-refractivity contribution is 7.16. The van der Waals surface area contributed by atoms with Gasteiger partial charge in [-0.1, -0.05) is 18.2 Å². The second-order valence-corrected chi connectivity index (χ2v) is 7.98. The third kappa shape index (κ3) is 2.26. The van der Waals surface area contributed by atoms with Gasteiger partial charge in [0.1, 0.15) is 0 Å². The summed E-state index contributed by atoms with van der Waals surface area (Å²) in [6, 6.07) is 9.88. The minimum atomic E-state index is 0.607. The first kappa shape index (κ1) is 13.8. The second kappa shape index (κ2) is 5.50. The molecule has 3 aliphatic rings. The molecule has 2 N–H and O–H groups in total. The van der Waals surface area contributed by atoms with Crippen LogP contribution in [0.15, 0.2) is 30.3 Å². The van der Waals surface area contributed by atoms with Crippen LogP contribution in [-0.2, 0) is 6.42 Å². The van der Waals surface area contributed by atoms with E-state index >= 15 is 0 Å². The molecule has 1 aliphatic carbocycles. The fourth-order valence-electron chi connectivity index (χ4n) is 4.41. The van der Waals surface area contributed by atoms with E-state index in [0.29, 0.717) is 12.0 Å². The molecule has 2 nitrogen and oxygen atoms in total. The molecule has 0 saturated carbocycles. The molecule has 0 spiro atoms. The Hall–Kier alpha value is -1.58. The quantitative estimate of drug-likeness (QED) is 0.799. The Kier molecular flexibility index (Phi) is 3.31. The lowest BCUT2D eigenvalue weighted by atomic mass is 9.87. The average molecular weight is 322 g/mol. The third-order valence-electron chi connectivity index (χ3n) is 5.52. The highest BCUT2D eigenvalue weighted by atomic mass is 32.1. The second-order valence-electron chi connectivity index (χ2n) is 6.89. The first-order valence-corrected chi connectivity index (χ1v) is 9.61. The lowest BCUT2D eigenvalue weighted by Crippen LogP contribution is -2.21. The van der Waals surface area contributed by atoms with Crippen molar-refractivity contribution in [2.45, 2.75) is 37.6 Å². The van der Waals surface area contributed by atoms with Gasteiger partial charge in [-0.2, -0.15) is 0 Å². The molecule has 2 aromatic rings. The van der Waals surface area contributed by atoms with E-state index in [0.717, 1.165) is 13.1 Å². The van der Waals surface area contributed by atoms with E-state index in [1.54, 1.807) is 5.56 Å². The topological polar surface area (TPSA) is 24.1 Å². The van der Waals surface area contributed by atoms with Gasteiger partial charge in [0.05, 0.1) is 0 Å². The summed E-state index contributed by atoms with van der Waals surface area (Å²) in [5.74, 6) is 0.658. The number of thiophene rings is 1. The van der Waals surface area contributed by atoms with Crippen molar-refractivity contribution in [3.8, 4) is 10.4 Å². The van der Waals surface area contributed by atoms with Crippen LogP contribution in [0.3, 0.4) is 0 Å². The van der Waals surface area contributed by atoms with Crippen molar-refractivity contribution in [2.75, 3.05) is 18.4 Å². The van der Waals surface area contributed by atoms with Crippen LogP contribution in [0.4, 0.5) is 5.69 Å². The molecule has 118 valence electrons. The van der Waals surface area contributed by atoms with E-state index in [9.17, 15) is 0 Å². The molecule has 3 heteroatoms. The summed E-state index contributed by atoms with van der Waals surface area (Å²) in [5, 5.41) is 7.36. The molecule has 0 radical (unpaired) electrons. The standard InChI is InChI=1S/C20H22N2S/c1-2-7-18-13(4-1)12-19(23-18)15-5-3-6-17-20(15)14-8-10-21-11-9-16(14)22-17/h2-3,5-7,12,14,16,21-22H,1,4,8-11H2. The molecule has 5 rings (SSSR count). The van der Waals surface area contributed by atoms with Gasteiger partial charge in [0, 0.05) is 27.4 Å². The zero-order valence-electron chi connectivity index (χ0n) is 13.3. The number of aryl methyl sites for hydroxylation is 1. The van der Waals surface area contributed by atoms with Crippen LogP contribution in [0.5, 0.6) is 0 Å². The van der Waals surface area contributed by atoms with E-state index in [1.807, 2.05) is 11.3 Å². The Morgan fingerprint density at radius 2 is 2.09 bits per heavy atom. The molecule has 1 saturated heterocycles. The molecule has 3 heterocycles. The van der Waals surface area contributed by atoms with E-state index in [-0.39, 0.29) is 0 Å². The Morgan fingerprint density at radius 3 is 3.04 bits per heavy atom. The number of hydrogen-bond donors (Lipinski definition) is 2. The zero-order valence-corrected chi connectivity index (χ0v) is 14.1. The molecule has 2 atom stereocenters. The van der Waals surface area contributed by atoms with Gasteiger partial charge in [-0.3, -0.25) is 0 Å². The number of hydrogen-bond acceptors (Lipinski definition) is 3.